The Kier molecular flexibility index (Phi) is 6.33. The highest BCUT2D eigenvalue weighted by Crippen LogP contribution is 2.31. The summed E-state index contributed by atoms with van der Waals surface area (Å²) in [5.41, 5.74) is 1.26. The first-order valence-corrected chi connectivity index (χ1v) is 9.19. The van der Waals surface area contributed by atoms with E-state index in [1.165, 1.54) is 6.07 Å². The van der Waals surface area contributed by atoms with Crippen LogP contribution in [0.5, 0.6) is 5.75 Å². The zero-order valence-corrected chi connectivity index (χ0v) is 16.2. The Morgan fingerprint density at radius 2 is 1.86 bits per heavy atom. The Morgan fingerprint density at radius 1 is 1.18 bits per heavy atom. The Morgan fingerprint density at radius 3 is 2.46 bits per heavy atom. The molecule has 1 fully saturated rings. The number of rotatable bonds is 6. The van der Waals surface area contributed by atoms with Crippen LogP contribution in [0.15, 0.2) is 42.5 Å². The molecule has 2 aromatic rings. The number of piperazine rings is 1. The molecule has 1 heterocycles. The van der Waals surface area contributed by atoms with E-state index < -0.39 is 4.92 Å². The Labute approximate surface area is 167 Å². The fourth-order valence-electron chi connectivity index (χ4n) is 3.14. The second-order valence-electron chi connectivity index (χ2n) is 6.43. The van der Waals surface area contributed by atoms with Gasteiger partial charge in [0.25, 0.3) is 5.69 Å². The first-order valence-electron chi connectivity index (χ1n) is 8.81. The summed E-state index contributed by atoms with van der Waals surface area (Å²) in [5.74, 6) is 0.626. The SMILES string of the molecule is COc1ccc(NC(=O)CN2CCN(c3ccc(Cl)cc3[N+](=O)[O-])CC2)cc1. The molecule has 0 aromatic heterocycles. The highest BCUT2D eigenvalue weighted by molar-refractivity contribution is 6.30. The van der Waals surface area contributed by atoms with Gasteiger partial charge in [0.05, 0.1) is 18.6 Å². The monoisotopic (exact) mass is 404 g/mol. The molecular weight excluding hydrogens is 384 g/mol. The lowest BCUT2D eigenvalue weighted by molar-refractivity contribution is -0.384. The molecule has 0 radical (unpaired) electrons. The van der Waals surface area contributed by atoms with Crippen LogP contribution in [-0.2, 0) is 4.79 Å². The minimum atomic E-state index is -0.421. The number of benzene rings is 2. The van der Waals surface area contributed by atoms with Crippen LogP contribution in [0.25, 0.3) is 0 Å². The molecule has 0 saturated carbocycles. The van der Waals surface area contributed by atoms with Crippen LogP contribution in [0.2, 0.25) is 5.02 Å². The molecule has 0 bridgehead atoms. The highest BCUT2D eigenvalue weighted by Gasteiger charge is 2.24. The van der Waals surface area contributed by atoms with E-state index in [2.05, 4.69) is 5.32 Å². The third-order valence-electron chi connectivity index (χ3n) is 4.59. The molecule has 0 unspecified atom stereocenters. The van der Waals surface area contributed by atoms with Crippen molar-refractivity contribution >= 4 is 34.6 Å². The van der Waals surface area contributed by atoms with Gasteiger partial charge in [-0.05, 0) is 36.4 Å². The number of nitrogens with zero attached hydrogens (tertiary/aromatic N) is 3. The predicted molar refractivity (Wildman–Crippen MR) is 108 cm³/mol. The summed E-state index contributed by atoms with van der Waals surface area (Å²) in [6.07, 6.45) is 0. The van der Waals surface area contributed by atoms with Crippen LogP contribution in [-0.4, -0.2) is 55.6 Å². The number of nitrogens with one attached hydrogen (secondary N) is 1. The molecule has 0 spiro atoms. The summed E-state index contributed by atoms with van der Waals surface area (Å²) in [5, 5.41) is 14.5. The number of carbonyl (C=O) groups excluding carboxylic acids is 1. The average molecular weight is 405 g/mol. The van der Waals surface area contributed by atoms with Crippen LogP contribution in [0.1, 0.15) is 0 Å². The highest BCUT2D eigenvalue weighted by atomic mass is 35.5. The van der Waals surface area contributed by atoms with Crippen molar-refractivity contribution < 1.29 is 14.5 Å². The van der Waals surface area contributed by atoms with Crippen molar-refractivity contribution in [3.63, 3.8) is 0 Å². The molecular formula is C19H21ClN4O4. The van der Waals surface area contributed by atoms with Crippen molar-refractivity contribution in [1.29, 1.82) is 0 Å². The van der Waals surface area contributed by atoms with Gasteiger partial charge in [0.2, 0.25) is 5.91 Å². The van der Waals surface area contributed by atoms with Crippen LogP contribution >= 0.6 is 11.6 Å². The quantitative estimate of drug-likeness (QED) is 0.588. The number of halogens is 1. The number of amides is 1. The Balaban J connectivity index is 1.54. The second-order valence-corrected chi connectivity index (χ2v) is 6.87. The Bertz CT molecular complexity index is 852. The standard InChI is InChI=1S/C19H21ClN4O4/c1-28-16-5-3-15(4-6-16)21-19(25)13-22-8-10-23(11-9-22)17-7-2-14(20)12-18(17)24(26)27/h2-7,12H,8-11,13H2,1H3,(H,21,25). The first-order chi connectivity index (χ1) is 13.5. The lowest BCUT2D eigenvalue weighted by Gasteiger charge is -2.35. The maximum absolute atomic E-state index is 12.3. The molecule has 9 heteroatoms. The Hall–Kier alpha value is -2.84. The molecule has 1 aliphatic heterocycles. The van der Waals surface area contributed by atoms with Crippen LogP contribution in [0.3, 0.4) is 0 Å². The number of methoxy groups -OCH3 is 1. The molecule has 2 aromatic carbocycles. The maximum Gasteiger partial charge on any atom is 0.294 e. The number of hydrogen-bond acceptors (Lipinski definition) is 6. The molecule has 1 N–H and O–H groups in total. The van der Waals surface area contributed by atoms with E-state index in [1.54, 1.807) is 43.5 Å². The van der Waals surface area contributed by atoms with E-state index in [0.717, 1.165) is 5.75 Å². The largest absolute Gasteiger partial charge is 0.497 e. The van der Waals surface area contributed by atoms with Crippen molar-refractivity contribution in [2.45, 2.75) is 0 Å². The van der Waals surface area contributed by atoms with E-state index in [4.69, 9.17) is 16.3 Å². The number of carbonyl (C=O) groups is 1. The smallest absolute Gasteiger partial charge is 0.294 e. The van der Waals surface area contributed by atoms with Crippen molar-refractivity contribution in [1.82, 2.24) is 4.90 Å². The normalized spacial score (nSPS) is 14.6. The van der Waals surface area contributed by atoms with Gasteiger partial charge in [0.1, 0.15) is 11.4 Å². The molecule has 28 heavy (non-hydrogen) atoms. The van der Waals surface area contributed by atoms with Crippen molar-refractivity contribution in [3.8, 4) is 5.75 Å². The molecule has 3 rings (SSSR count). The van der Waals surface area contributed by atoms with Gasteiger partial charge in [-0.25, -0.2) is 0 Å². The van der Waals surface area contributed by atoms with E-state index in [1.807, 2.05) is 9.80 Å². The predicted octanol–water partition coefficient (Wildman–Crippen LogP) is 3.02. The summed E-state index contributed by atoms with van der Waals surface area (Å²) in [7, 11) is 1.59. The lowest BCUT2D eigenvalue weighted by Crippen LogP contribution is -2.48. The topological polar surface area (TPSA) is 88.0 Å². The van der Waals surface area contributed by atoms with Crippen LogP contribution < -0.4 is 15.0 Å². The van der Waals surface area contributed by atoms with E-state index in [9.17, 15) is 14.9 Å². The number of ether oxygens (including phenoxy) is 1. The fourth-order valence-corrected chi connectivity index (χ4v) is 3.30. The summed E-state index contributed by atoms with van der Waals surface area (Å²) < 4.78 is 5.10. The fraction of sp³-hybridized carbons (Fsp3) is 0.316. The van der Waals surface area contributed by atoms with Gasteiger partial charge >= 0.3 is 0 Å². The van der Waals surface area contributed by atoms with Crippen LogP contribution in [0, 0.1) is 10.1 Å². The lowest BCUT2D eigenvalue weighted by atomic mass is 10.2. The van der Waals surface area contributed by atoms with Gasteiger partial charge in [-0.3, -0.25) is 19.8 Å². The molecule has 0 atom stereocenters. The molecule has 0 aliphatic carbocycles. The third-order valence-corrected chi connectivity index (χ3v) is 4.82. The van der Waals surface area contributed by atoms with Gasteiger partial charge in [-0.15, -0.1) is 0 Å². The molecule has 1 saturated heterocycles. The van der Waals surface area contributed by atoms with E-state index in [0.29, 0.717) is 42.6 Å². The van der Waals surface area contributed by atoms with Gasteiger partial charge in [-0.2, -0.15) is 0 Å². The van der Waals surface area contributed by atoms with Gasteiger partial charge in [0.15, 0.2) is 0 Å². The summed E-state index contributed by atoms with van der Waals surface area (Å²) in [6.45, 7) is 2.73. The molecule has 1 aliphatic rings. The number of hydrogen-bond donors (Lipinski definition) is 1. The zero-order valence-electron chi connectivity index (χ0n) is 15.4. The third kappa shape index (κ3) is 4.90. The number of nitro groups is 1. The molecule has 148 valence electrons. The van der Waals surface area contributed by atoms with E-state index >= 15 is 0 Å². The second kappa shape index (κ2) is 8.90. The average Bonchev–Trinajstić information content (AvgIpc) is 2.69. The summed E-state index contributed by atoms with van der Waals surface area (Å²) in [4.78, 5) is 27.1. The van der Waals surface area contributed by atoms with Crippen molar-refractivity contribution in [3.05, 3.63) is 57.6 Å². The van der Waals surface area contributed by atoms with Gasteiger partial charge in [0, 0.05) is 43.0 Å². The van der Waals surface area contributed by atoms with Crippen LogP contribution in [0.4, 0.5) is 17.1 Å². The minimum absolute atomic E-state index is 0.00167. The minimum Gasteiger partial charge on any atom is -0.497 e. The van der Waals surface area contributed by atoms with E-state index in [-0.39, 0.29) is 18.1 Å². The molecule has 1 amide bonds. The summed E-state index contributed by atoms with van der Waals surface area (Å²) >= 11 is 5.88. The van der Waals surface area contributed by atoms with Crippen molar-refractivity contribution in [2.75, 3.05) is 50.1 Å². The maximum atomic E-state index is 12.3. The zero-order chi connectivity index (χ0) is 20.1. The van der Waals surface area contributed by atoms with Crippen molar-refractivity contribution in [2.24, 2.45) is 0 Å². The first kappa shape index (κ1) is 19.9. The molecule has 8 nitrogen and oxygen atoms in total. The summed E-state index contributed by atoms with van der Waals surface area (Å²) in [6, 6.07) is 11.8. The number of anilines is 2. The van der Waals surface area contributed by atoms with Gasteiger partial charge < -0.3 is 15.0 Å². The number of nitro benzene ring substituents is 1. The van der Waals surface area contributed by atoms with Gasteiger partial charge in [-0.1, -0.05) is 11.6 Å².